The van der Waals surface area contributed by atoms with Gasteiger partial charge in [-0.3, -0.25) is 9.59 Å². The van der Waals surface area contributed by atoms with E-state index in [1.54, 1.807) is 23.1 Å². The summed E-state index contributed by atoms with van der Waals surface area (Å²) in [6, 6.07) is 24.8. The van der Waals surface area contributed by atoms with Crippen molar-refractivity contribution < 1.29 is 23.8 Å². The summed E-state index contributed by atoms with van der Waals surface area (Å²) in [5.74, 6) is -0.329. The third kappa shape index (κ3) is 4.93. The topological polar surface area (TPSA) is 83.2 Å². The first-order valence-corrected chi connectivity index (χ1v) is 12.8. The summed E-state index contributed by atoms with van der Waals surface area (Å²) in [5, 5.41) is 11.8. The second-order valence-corrected chi connectivity index (χ2v) is 9.16. The van der Waals surface area contributed by atoms with E-state index in [0.717, 1.165) is 18.5 Å². The lowest BCUT2D eigenvalue weighted by Crippen LogP contribution is -2.38. The zero-order valence-electron chi connectivity index (χ0n) is 21.5. The third-order valence-electron chi connectivity index (χ3n) is 6.90. The number of para-hydroxylation sites is 2. The lowest BCUT2D eigenvalue weighted by atomic mass is 9.95. The van der Waals surface area contributed by atoms with Gasteiger partial charge >= 0.3 is 0 Å². The number of likely N-dealkylation sites (N-methyl/N-ethyl adjacent to an activating group) is 1. The number of ketones is 1. The molecule has 3 aromatic carbocycles. The van der Waals surface area contributed by atoms with Gasteiger partial charge in [-0.2, -0.15) is 0 Å². The minimum atomic E-state index is -0.793. The Balaban J connectivity index is 1.54. The molecule has 1 aliphatic rings. The number of benzene rings is 3. The maximum absolute atomic E-state index is 13.8. The summed E-state index contributed by atoms with van der Waals surface area (Å²) in [5.41, 5.74) is 1.23. The van der Waals surface area contributed by atoms with Gasteiger partial charge in [0.15, 0.2) is 11.5 Å². The van der Waals surface area contributed by atoms with Crippen LogP contribution in [0, 0.1) is 0 Å². The van der Waals surface area contributed by atoms with Crippen LogP contribution in [0.25, 0.3) is 11.0 Å². The van der Waals surface area contributed by atoms with Gasteiger partial charge < -0.3 is 24.1 Å². The standard InChI is InChI=1S/C31H30N2O5/c1-3-32(4-2)17-18-33-28(22-12-10-15-24(19-22)37-23-13-6-5-7-14-23)27(30(35)31(33)36)29(34)26-20-21-11-8-9-16-25(21)38-26/h5-16,19-20,28,35H,3-4,17-18H2,1-2H3/t28-/m0/s1. The van der Waals surface area contributed by atoms with Crippen LogP contribution in [-0.4, -0.2) is 52.8 Å². The molecule has 0 fully saturated rings. The molecule has 38 heavy (non-hydrogen) atoms. The summed E-state index contributed by atoms with van der Waals surface area (Å²) in [7, 11) is 0. The van der Waals surface area contributed by atoms with Gasteiger partial charge in [-0.1, -0.05) is 62.4 Å². The molecule has 2 heterocycles. The highest BCUT2D eigenvalue weighted by Crippen LogP contribution is 2.40. The van der Waals surface area contributed by atoms with Gasteiger partial charge in [0.2, 0.25) is 5.78 Å². The van der Waals surface area contributed by atoms with Crippen molar-refractivity contribution in [2.24, 2.45) is 0 Å². The van der Waals surface area contributed by atoms with E-state index in [0.29, 0.717) is 35.7 Å². The molecule has 1 N–H and O–H groups in total. The fourth-order valence-electron chi connectivity index (χ4n) is 4.85. The first-order valence-electron chi connectivity index (χ1n) is 12.8. The fourth-order valence-corrected chi connectivity index (χ4v) is 4.85. The molecule has 1 aliphatic heterocycles. The molecule has 0 unspecified atom stereocenters. The van der Waals surface area contributed by atoms with Crippen LogP contribution in [0.15, 0.2) is 101 Å². The highest BCUT2D eigenvalue weighted by molar-refractivity contribution is 6.16. The number of furan rings is 1. The minimum absolute atomic E-state index is 0.00506. The third-order valence-corrected chi connectivity index (χ3v) is 6.90. The number of hydrogen-bond acceptors (Lipinski definition) is 6. The van der Waals surface area contributed by atoms with E-state index < -0.39 is 23.5 Å². The SMILES string of the molecule is CCN(CC)CCN1C(=O)C(O)=C(C(=O)c2cc3ccccc3o2)[C@@H]1c1cccc(Oc2ccccc2)c1. The Kier molecular flexibility index (Phi) is 7.29. The maximum atomic E-state index is 13.8. The van der Waals surface area contributed by atoms with Crippen LogP contribution in [-0.2, 0) is 4.79 Å². The molecule has 0 spiro atoms. The smallest absolute Gasteiger partial charge is 0.290 e. The second-order valence-electron chi connectivity index (χ2n) is 9.16. The number of aliphatic hydroxyl groups excluding tert-OH is 1. The Morgan fingerprint density at radius 2 is 1.66 bits per heavy atom. The number of rotatable bonds is 10. The number of nitrogens with zero attached hydrogens (tertiary/aromatic N) is 2. The molecule has 1 amide bonds. The maximum Gasteiger partial charge on any atom is 0.290 e. The summed E-state index contributed by atoms with van der Waals surface area (Å²) in [4.78, 5) is 30.9. The van der Waals surface area contributed by atoms with E-state index in [1.165, 1.54) is 0 Å². The van der Waals surface area contributed by atoms with Crippen LogP contribution in [0.3, 0.4) is 0 Å². The first kappa shape index (κ1) is 25.3. The summed E-state index contributed by atoms with van der Waals surface area (Å²) in [6.07, 6.45) is 0. The second kappa shape index (κ2) is 10.9. The molecule has 4 aromatic rings. The number of fused-ring (bicyclic) bond motifs is 1. The highest BCUT2D eigenvalue weighted by atomic mass is 16.5. The van der Waals surface area contributed by atoms with Crippen molar-refractivity contribution in [1.82, 2.24) is 9.80 Å². The number of hydrogen-bond donors (Lipinski definition) is 1. The van der Waals surface area contributed by atoms with Crippen molar-refractivity contribution in [2.75, 3.05) is 26.2 Å². The van der Waals surface area contributed by atoms with Crippen LogP contribution in [0.5, 0.6) is 11.5 Å². The van der Waals surface area contributed by atoms with Crippen LogP contribution >= 0.6 is 0 Å². The van der Waals surface area contributed by atoms with Gasteiger partial charge in [0, 0.05) is 18.5 Å². The van der Waals surface area contributed by atoms with Crippen LogP contribution in [0.4, 0.5) is 0 Å². The molecule has 0 aliphatic carbocycles. The molecule has 0 saturated carbocycles. The Labute approximate surface area is 221 Å². The first-order chi connectivity index (χ1) is 18.5. The Morgan fingerprint density at radius 1 is 0.947 bits per heavy atom. The highest BCUT2D eigenvalue weighted by Gasteiger charge is 2.44. The fraction of sp³-hybridized carbons (Fsp3) is 0.226. The summed E-state index contributed by atoms with van der Waals surface area (Å²) < 4.78 is 11.9. The molecule has 1 aromatic heterocycles. The minimum Gasteiger partial charge on any atom is -0.503 e. The molecule has 194 valence electrons. The zero-order chi connectivity index (χ0) is 26.6. The van der Waals surface area contributed by atoms with E-state index >= 15 is 0 Å². The number of carbonyl (C=O) groups excluding carboxylic acids is 2. The van der Waals surface area contributed by atoms with Crippen LogP contribution < -0.4 is 4.74 Å². The Hall–Kier alpha value is -4.36. The molecule has 5 rings (SSSR count). The van der Waals surface area contributed by atoms with E-state index in [9.17, 15) is 14.7 Å². The molecule has 7 heteroatoms. The number of ether oxygens (including phenoxy) is 1. The number of Topliss-reactive ketones (excluding diaryl/α,β-unsaturated/α-hetero) is 1. The molecule has 7 nitrogen and oxygen atoms in total. The number of carbonyl (C=O) groups is 2. The van der Waals surface area contributed by atoms with Crippen LogP contribution in [0.2, 0.25) is 0 Å². The van der Waals surface area contributed by atoms with Crippen molar-refractivity contribution in [1.29, 1.82) is 0 Å². The van der Waals surface area contributed by atoms with Crippen molar-refractivity contribution >= 4 is 22.7 Å². The monoisotopic (exact) mass is 510 g/mol. The molecule has 0 saturated heterocycles. The predicted octanol–water partition coefficient (Wildman–Crippen LogP) is 6.15. The molecule has 0 bridgehead atoms. The number of aliphatic hydroxyl groups is 1. The van der Waals surface area contributed by atoms with Crippen molar-refractivity contribution in [2.45, 2.75) is 19.9 Å². The molecular weight excluding hydrogens is 480 g/mol. The van der Waals surface area contributed by atoms with Gasteiger partial charge in [-0.05, 0) is 55.1 Å². The molecule has 1 atom stereocenters. The Morgan fingerprint density at radius 3 is 2.39 bits per heavy atom. The van der Waals surface area contributed by atoms with Crippen molar-refractivity contribution in [3.05, 3.63) is 108 Å². The van der Waals surface area contributed by atoms with Gasteiger partial charge in [-0.25, -0.2) is 0 Å². The summed E-state index contributed by atoms with van der Waals surface area (Å²) in [6.45, 7) is 6.72. The van der Waals surface area contributed by atoms with Gasteiger partial charge in [0.1, 0.15) is 17.1 Å². The zero-order valence-corrected chi connectivity index (χ0v) is 21.5. The lowest BCUT2D eigenvalue weighted by Gasteiger charge is -2.29. The van der Waals surface area contributed by atoms with Crippen molar-refractivity contribution in [3.8, 4) is 11.5 Å². The van der Waals surface area contributed by atoms with E-state index in [2.05, 4.69) is 18.7 Å². The van der Waals surface area contributed by atoms with Crippen molar-refractivity contribution in [3.63, 3.8) is 0 Å². The molecule has 0 radical (unpaired) electrons. The predicted molar refractivity (Wildman–Crippen MR) is 145 cm³/mol. The van der Waals surface area contributed by atoms with E-state index in [-0.39, 0.29) is 11.3 Å². The average molecular weight is 511 g/mol. The number of amides is 1. The van der Waals surface area contributed by atoms with Gasteiger partial charge in [0.05, 0.1) is 11.6 Å². The van der Waals surface area contributed by atoms with E-state index in [1.807, 2.05) is 66.7 Å². The largest absolute Gasteiger partial charge is 0.503 e. The van der Waals surface area contributed by atoms with Crippen LogP contribution in [0.1, 0.15) is 36.0 Å². The Bertz CT molecular complexity index is 1450. The van der Waals surface area contributed by atoms with Gasteiger partial charge in [-0.15, -0.1) is 0 Å². The molecular formula is C31H30N2O5. The van der Waals surface area contributed by atoms with Gasteiger partial charge in [0.25, 0.3) is 5.91 Å². The quantitative estimate of drug-likeness (QED) is 0.258. The summed E-state index contributed by atoms with van der Waals surface area (Å²) >= 11 is 0. The average Bonchev–Trinajstić information content (AvgIpc) is 3.49. The normalized spacial score (nSPS) is 15.6. The van der Waals surface area contributed by atoms with E-state index in [4.69, 9.17) is 9.15 Å². The lowest BCUT2D eigenvalue weighted by molar-refractivity contribution is -0.129.